The van der Waals surface area contributed by atoms with Gasteiger partial charge in [0.25, 0.3) is 0 Å². The van der Waals surface area contributed by atoms with E-state index in [1.165, 1.54) is 5.57 Å². The number of rotatable bonds is 8. The maximum absolute atomic E-state index is 13.1. The zero-order valence-corrected chi connectivity index (χ0v) is 27.0. The molecule has 1 fully saturated rings. The zero-order valence-electron chi connectivity index (χ0n) is 25.2. The topological polar surface area (TPSA) is 78.9 Å². The number of hydrogen-bond donors (Lipinski definition) is 0. The van der Waals surface area contributed by atoms with Crippen LogP contribution in [0.15, 0.2) is 23.8 Å². The van der Waals surface area contributed by atoms with Crippen LogP contribution in [0.3, 0.4) is 0 Å². The van der Waals surface area contributed by atoms with Crippen LogP contribution in [-0.4, -0.2) is 53.8 Å². The van der Waals surface area contributed by atoms with Crippen LogP contribution >= 0.6 is 0 Å². The summed E-state index contributed by atoms with van der Waals surface area (Å²) in [6.07, 6.45) is 11.2. The highest BCUT2D eigenvalue weighted by atomic mass is 32.2. The summed E-state index contributed by atoms with van der Waals surface area (Å²) in [6.45, 7) is 18.9. The van der Waals surface area contributed by atoms with Crippen molar-refractivity contribution >= 4 is 31.1 Å². The van der Waals surface area contributed by atoms with Crippen molar-refractivity contribution < 1.29 is 27.7 Å². The highest BCUT2D eigenvalue weighted by Gasteiger charge is 2.45. The number of carbonyl (C=O) groups is 2. The van der Waals surface area contributed by atoms with Crippen LogP contribution in [0.25, 0.3) is 0 Å². The minimum atomic E-state index is -1.99. The summed E-state index contributed by atoms with van der Waals surface area (Å²) < 4.78 is 29.7. The highest BCUT2D eigenvalue weighted by Crippen LogP contribution is 2.46. The van der Waals surface area contributed by atoms with Gasteiger partial charge in [0.1, 0.15) is 17.0 Å². The summed E-state index contributed by atoms with van der Waals surface area (Å²) in [5.41, 5.74) is 1.22. The van der Waals surface area contributed by atoms with Gasteiger partial charge in [-0.1, -0.05) is 52.8 Å². The second-order valence-corrected chi connectivity index (χ2v) is 20.5. The van der Waals surface area contributed by atoms with E-state index in [4.69, 9.17) is 13.9 Å². The van der Waals surface area contributed by atoms with Crippen LogP contribution < -0.4 is 0 Å². The molecule has 1 unspecified atom stereocenters. The number of carbonyl (C=O) groups excluding carboxylic acids is 2. The molecule has 0 amide bonds. The largest absolute Gasteiger partial charge is 0.462 e. The normalized spacial score (nSPS) is 33.2. The number of allylic oxidation sites excluding steroid dienone is 3. The predicted octanol–water partition coefficient (Wildman–Crippen LogP) is 6.34. The van der Waals surface area contributed by atoms with E-state index in [-0.39, 0.29) is 41.2 Å². The van der Waals surface area contributed by atoms with Crippen LogP contribution in [0.5, 0.6) is 0 Å². The van der Waals surface area contributed by atoms with Gasteiger partial charge in [0.15, 0.2) is 8.32 Å². The summed E-state index contributed by atoms with van der Waals surface area (Å²) in [7, 11) is -3.32. The van der Waals surface area contributed by atoms with E-state index < -0.39 is 29.8 Å². The molecule has 1 heterocycles. The van der Waals surface area contributed by atoms with E-state index in [1.54, 1.807) is 20.1 Å². The van der Waals surface area contributed by atoms with Gasteiger partial charge >= 0.3 is 11.9 Å². The molecule has 0 aromatic heterocycles. The molecular formula is C30H50O6SSi. The van der Waals surface area contributed by atoms with Crippen molar-refractivity contribution in [1.29, 1.82) is 0 Å². The van der Waals surface area contributed by atoms with Gasteiger partial charge in [-0.3, -0.25) is 13.8 Å². The van der Waals surface area contributed by atoms with E-state index in [2.05, 4.69) is 65.9 Å². The molecule has 6 nitrogen and oxygen atoms in total. The monoisotopic (exact) mass is 566 g/mol. The molecule has 2 aliphatic carbocycles. The molecule has 0 N–H and O–H groups in total. The van der Waals surface area contributed by atoms with Crippen molar-refractivity contribution in [2.24, 2.45) is 23.7 Å². The van der Waals surface area contributed by atoms with E-state index in [0.29, 0.717) is 18.3 Å². The Bertz CT molecular complexity index is 978. The molecule has 8 atom stereocenters. The number of fused-ring (bicyclic) bond motifs is 1. The Morgan fingerprint density at radius 3 is 2.39 bits per heavy atom. The first kappa shape index (κ1) is 31.3. The fraction of sp³-hybridized carbons (Fsp3) is 0.800. The minimum Gasteiger partial charge on any atom is -0.462 e. The first-order valence-electron chi connectivity index (χ1n) is 14.2. The lowest BCUT2D eigenvalue weighted by Crippen LogP contribution is -2.47. The lowest BCUT2D eigenvalue weighted by Gasteiger charge is -2.44. The summed E-state index contributed by atoms with van der Waals surface area (Å²) in [4.78, 5) is 25.6. The standard InChI is InChI=1S/C30H50O6SSi/c1-19-15-21-12-11-20(2)24(27(21)25(16-19)35-28(32)30(6,7)37(8)33)14-13-22-17-23(18-26(31)34-22)36-38(9,10)29(3,4)5/h11-12,15,19-20,22-25,27H,13-14,16-18H2,1-10H3/t19-,20-,22+,23+,24-,25-,27-,37?/m0/s1. The van der Waals surface area contributed by atoms with Gasteiger partial charge in [-0.25, -0.2) is 0 Å². The van der Waals surface area contributed by atoms with E-state index in [1.807, 2.05) is 0 Å². The lowest BCUT2D eigenvalue weighted by molar-refractivity contribution is -0.161. The van der Waals surface area contributed by atoms with E-state index >= 15 is 0 Å². The number of esters is 2. The Labute approximate surface area is 233 Å². The Kier molecular flexibility index (Phi) is 9.63. The zero-order chi connectivity index (χ0) is 28.6. The smallest absolute Gasteiger partial charge is 0.324 e. The molecule has 1 aliphatic heterocycles. The third-order valence-electron chi connectivity index (χ3n) is 9.37. The van der Waals surface area contributed by atoms with Crippen LogP contribution in [-0.2, 0) is 34.3 Å². The fourth-order valence-corrected chi connectivity index (χ4v) is 7.35. The first-order chi connectivity index (χ1) is 17.4. The van der Waals surface area contributed by atoms with Gasteiger partial charge in [-0.05, 0) is 74.6 Å². The molecule has 1 saturated heterocycles. The van der Waals surface area contributed by atoms with Gasteiger partial charge < -0.3 is 13.9 Å². The van der Waals surface area contributed by atoms with Crippen LogP contribution in [0.4, 0.5) is 0 Å². The molecule has 38 heavy (non-hydrogen) atoms. The van der Waals surface area contributed by atoms with E-state index in [9.17, 15) is 13.8 Å². The summed E-state index contributed by atoms with van der Waals surface area (Å²) in [5, 5.41) is 0.0833. The average molecular weight is 567 g/mol. The molecule has 0 spiro atoms. The van der Waals surface area contributed by atoms with Crippen molar-refractivity contribution in [3.63, 3.8) is 0 Å². The Morgan fingerprint density at radius 1 is 1.13 bits per heavy atom. The molecule has 3 rings (SSSR count). The van der Waals surface area contributed by atoms with Crippen LogP contribution in [0, 0.1) is 23.7 Å². The third kappa shape index (κ3) is 7.08. The summed E-state index contributed by atoms with van der Waals surface area (Å²) in [5.74, 6) is 0.362. The number of cyclic esters (lactones) is 1. The molecule has 0 aromatic carbocycles. The molecule has 216 valence electrons. The number of ether oxygens (including phenoxy) is 2. The maximum atomic E-state index is 13.1. The van der Waals surface area contributed by atoms with Crippen molar-refractivity contribution in [3.05, 3.63) is 23.8 Å². The SMILES string of the molecule is C[C@H]1C=C2C=C[C@H](C)[C@H](CC[C@@H]3C[C@@H](O[Si](C)(C)C(C)(C)C)CC(=O)O3)[C@H]2[C@@H](OC(=O)C(C)(C)S(C)=O)C1. The Hall–Kier alpha value is -1.25. The van der Waals surface area contributed by atoms with Crippen molar-refractivity contribution in [1.82, 2.24) is 0 Å². The minimum absolute atomic E-state index is 0.0785. The van der Waals surface area contributed by atoms with Gasteiger partial charge in [0.05, 0.1) is 12.5 Å². The quantitative estimate of drug-likeness (QED) is 0.252. The molecule has 0 saturated carbocycles. The summed E-state index contributed by atoms with van der Waals surface area (Å²) in [6, 6.07) is 0. The van der Waals surface area contributed by atoms with Crippen LogP contribution in [0.1, 0.15) is 80.6 Å². The van der Waals surface area contributed by atoms with E-state index in [0.717, 1.165) is 25.7 Å². The second kappa shape index (κ2) is 11.7. The molecular weight excluding hydrogens is 516 g/mol. The van der Waals surface area contributed by atoms with Crippen molar-refractivity contribution in [2.75, 3.05) is 6.26 Å². The maximum Gasteiger partial charge on any atom is 0.324 e. The molecule has 3 aliphatic rings. The lowest BCUT2D eigenvalue weighted by atomic mass is 9.65. The van der Waals surface area contributed by atoms with Gasteiger partial charge in [-0.15, -0.1) is 0 Å². The Balaban J connectivity index is 1.74. The second-order valence-electron chi connectivity index (χ2n) is 13.8. The predicted molar refractivity (Wildman–Crippen MR) is 156 cm³/mol. The van der Waals surface area contributed by atoms with Gasteiger partial charge in [0, 0.05) is 29.4 Å². The Morgan fingerprint density at radius 2 is 1.79 bits per heavy atom. The van der Waals surface area contributed by atoms with Gasteiger partial charge in [0.2, 0.25) is 0 Å². The molecule has 0 aromatic rings. The van der Waals surface area contributed by atoms with Crippen molar-refractivity contribution in [2.45, 2.75) is 122 Å². The third-order valence-corrected chi connectivity index (χ3v) is 15.5. The molecule has 0 bridgehead atoms. The van der Waals surface area contributed by atoms with Crippen molar-refractivity contribution in [3.8, 4) is 0 Å². The first-order valence-corrected chi connectivity index (χ1v) is 18.7. The fourth-order valence-electron chi connectivity index (χ4n) is 5.70. The average Bonchev–Trinajstić information content (AvgIpc) is 2.76. The summed E-state index contributed by atoms with van der Waals surface area (Å²) >= 11 is 0. The highest BCUT2D eigenvalue weighted by molar-refractivity contribution is 7.86. The molecule has 8 heteroatoms. The number of hydrogen-bond acceptors (Lipinski definition) is 6. The van der Waals surface area contributed by atoms with Gasteiger partial charge in [-0.2, -0.15) is 0 Å². The van der Waals surface area contributed by atoms with Crippen LogP contribution in [0.2, 0.25) is 18.1 Å². The molecule has 0 radical (unpaired) electrons.